The molecule has 6 rings (SSSR count). The molecule has 2 aliphatic rings. The predicted molar refractivity (Wildman–Crippen MR) is 147 cm³/mol. The van der Waals surface area contributed by atoms with Gasteiger partial charge in [0.05, 0.1) is 37.6 Å². The molecular weight excluding hydrogens is 507 g/mol. The van der Waals surface area contributed by atoms with Crippen LogP contribution in [0.4, 0.5) is 5.95 Å². The Morgan fingerprint density at radius 2 is 1.65 bits per heavy atom. The molecule has 0 atom stereocenters. The van der Waals surface area contributed by atoms with Gasteiger partial charge in [-0.15, -0.1) is 10.2 Å². The van der Waals surface area contributed by atoms with Crippen molar-refractivity contribution in [2.75, 3.05) is 44.2 Å². The van der Waals surface area contributed by atoms with Crippen LogP contribution in [0.5, 0.6) is 5.75 Å². The molecule has 37 heavy (non-hydrogen) atoms. The Kier molecular flexibility index (Phi) is 6.83. The Labute approximate surface area is 225 Å². The number of quaternary nitrogens is 1. The summed E-state index contributed by atoms with van der Waals surface area (Å²) in [6, 6.07) is 23.6. The number of aliphatic imine (C=N–C) groups is 1. The summed E-state index contributed by atoms with van der Waals surface area (Å²) in [6.45, 7) is 5.87. The van der Waals surface area contributed by atoms with E-state index in [1.807, 2.05) is 72.8 Å². The maximum absolute atomic E-state index is 6.57. The van der Waals surface area contributed by atoms with Crippen molar-refractivity contribution in [1.29, 1.82) is 0 Å². The van der Waals surface area contributed by atoms with Gasteiger partial charge in [-0.05, 0) is 36.4 Å². The Hall–Kier alpha value is -3.39. The van der Waals surface area contributed by atoms with Gasteiger partial charge < -0.3 is 14.5 Å². The van der Waals surface area contributed by atoms with Gasteiger partial charge in [0.15, 0.2) is 5.82 Å². The molecule has 0 unspecified atom stereocenters. The fourth-order valence-electron chi connectivity index (χ4n) is 4.98. The first kappa shape index (κ1) is 24.0. The summed E-state index contributed by atoms with van der Waals surface area (Å²) in [5, 5.41) is 10.4. The minimum Gasteiger partial charge on any atom is -0.488 e. The number of hydrogen-bond acceptors (Lipinski definition) is 5. The molecule has 188 valence electrons. The van der Waals surface area contributed by atoms with Crippen LogP contribution in [-0.4, -0.2) is 59.8 Å². The van der Waals surface area contributed by atoms with Gasteiger partial charge in [0, 0.05) is 21.2 Å². The van der Waals surface area contributed by atoms with E-state index in [9.17, 15) is 0 Å². The number of benzene rings is 3. The lowest BCUT2D eigenvalue weighted by Gasteiger charge is -2.32. The predicted octanol–water partition coefficient (Wildman–Crippen LogP) is 3.71. The van der Waals surface area contributed by atoms with Crippen LogP contribution in [0.15, 0.2) is 77.8 Å². The van der Waals surface area contributed by atoms with E-state index in [2.05, 4.69) is 19.7 Å². The number of nitrogens with one attached hydrogen (secondary N) is 1. The molecule has 1 saturated heterocycles. The zero-order chi connectivity index (χ0) is 25.2. The summed E-state index contributed by atoms with van der Waals surface area (Å²) in [5.74, 6) is 2.56. The molecule has 0 spiro atoms. The Bertz CT molecular complexity index is 1430. The van der Waals surface area contributed by atoms with Crippen LogP contribution in [0.2, 0.25) is 10.0 Å². The van der Waals surface area contributed by atoms with Crippen molar-refractivity contribution >= 4 is 34.9 Å². The van der Waals surface area contributed by atoms with Gasteiger partial charge in [-0.3, -0.25) is 9.56 Å². The van der Waals surface area contributed by atoms with Crippen LogP contribution < -0.4 is 14.5 Å². The van der Waals surface area contributed by atoms with Crippen molar-refractivity contribution in [1.82, 2.24) is 14.8 Å². The number of nitrogens with zero attached hydrogens (tertiary/aromatic N) is 5. The molecule has 1 N–H and O–H groups in total. The first-order valence-electron chi connectivity index (χ1n) is 12.5. The Balaban J connectivity index is 1.22. The van der Waals surface area contributed by atoms with Gasteiger partial charge in [0.25, 0.3) is 0 Å². The first-order chi connectivity index (χ1) is 18.2. The van der Waals surface area contributed by atoms with Crippen molar-refractivity contribution in [3.05, 3.63) is 99.8 Å². The van der Waals surface area contributed by atoms with Crippen LogP contribution in [0.3, 0.4) is 0 Å². The van der Waals surface area contributed by atoms with E-state index in [0.717, 1.165) is 72.8 Å². The van der Waals surface area contributed by atoms with Crippen LogP contribution in [0, 0.1) is 0 Å². The van der Waals surface area contributed by atoms with E-state index in [-0.39, 0.29) is 0 Å². The second-order valence-electron chi connectivity index (χ2n) is 9.21. The molecule has 0 bridgehead atoms. The van der Waals surface area contributed by atoms with Gasteiger partial charge in [-0.1, -0.05) is 59.6 Å². The van der Waals surface area contributed by atoms with E-state index in [0.29, 0.717) is 23.2 Å². The normalized spacial score (nSPS) is 15.5. The quantitative estimate of drug-likeness (QED) is 0.410. The number of fused-ring (bicyclic) bond motifs is 3. The number of anilines is 1. The van der Waals surface area contributed by atoms with Crippen molar-refractivity contribution < 1.29 is 9.64 Å². The number of halogens is 2. The Morgan fingerprint density at radius 3 is 2.46 bits per heavy atom. The first-order valence-corrected chi connectivity index (χ1v) is 13.2. The van der Waals surface area contributed by atoms with E-state index >= 15 is 0 Å². The number of piperazine rings is 1. The highest BCUT2D eigenvalue weighted by Gasteiger charge is 2.29. The van der Waals surface area contributed by atoms with Gasteiger partial charge in [0.1, 0.15) is 25.4 Å². The lowest BCUT2D eigenvalue weighted by Crippen LogP contribution is -3.15. The Morgan fingerprint density at radius 1 is 0.865 bits per heavy atom. The monoisotopic (exact) mass is 533 g/mol. The molecule has 3 heterocycles. The fourth-order valence-corrected chi connectivity index (χ4v) is 5.37. The second-order valence-corrected chi connectivity index (χ2v) is 10.0. The molecule has 0 aliphatic carbocycles. The van der Waals surface area contributed by atoms with E-state index < -0.39 is 0 Å². The zero-order valence-electron chi connectivity index (χ0n) is 20.3. The average Bonchev–Trinajstić information content (AvgIpc) is 3.28. The lowest BCUT2D eigenvalue weighted by molar-refractivity contribution is -0.900. The lowest BCUT2D eigenvalue weighted by atomic mass is 10.0. The average molecular weight is 534 g/mol. The molecular formula is C28H27Cl2N6O+. The molecule has 1 fully saturated rings. The summed E-state index contributed by atoms with van der Waals surface area (Å²) in [5.41, 5.74) is 3.57. The van der Waals surface area contributed by atoms with Gasteiger partial charge in [-0.25, -0.2) is 0 Å². The molecule has 9 heteroatoms. The number of aromatic nitrogens is 3. The van der Waals surface area contributed by atoms with Crippen molar-refractivity contribution in [3.63, 3.8) is 0 Å². The smallest absolute Gasteiger partial charge is 0.232 e. The number of hydrogen-bond donors (Lipinski definition) is 1. The highest BCUT2D eigenvalue weighted by molar-refractivity contribution is 6.36. The van der Waals surface area contributed by atoms with E-state index in [4.69, 9.17) is 32.9 Å². The minimum absolute atomic E-state index is 0.405. The van der Waals surface area contributed by atoms with Gasteiger partial charge in [0.2, 0.25) is 5.95 Å². The highest BCUT2D eigenvalue weighted by Crippen LogP contribution is 2.32. The largest absolute Gasteiger partial charge is 0.488 e. The van der Waals surface area contributed by atoms with Crippen molar-refractivity contribution in [3.8, 4) is 11.4 Å². The third-order valence-corrected chi connectivity index (χ3v) is 7.46. The topological polar surface area (TPSA) is 60.0 Å². The second kappa shape index (κ2) is 10.5. The fraction of sp³-hybridized carbons (Fsp3) is 0.250. The standard InChI is InChI=1S/C28H26Cl2N6O/c29-20-10-11-25-23(18-20)27(22-8-4-5-9-24(22)30)31-19-26-32-33-28(36(25)26)35-14-12-34(13-15-35)16-17-37-21-6-2-1-3-7-21/h1-11,18H,12-17,19H2/p+1. The molecule has 0 saturated carbocycles. The molecule has 1 aromatic heterocycles. The molecule has 4 aromatic rings. The van der Waals surface area contributed by atoms with Crippen molar-refractivity contribution in [2.24, 2.45) is 4.99 Å². The molecule has 0 amide bonds. The third-order valence-electron chi connectivity index (χ3n) is 6.90. The van der Waals surface area contributed by atoms with E-state index in [1.54, 1.807) is 0 Å². The van der Waals surface area contributed by atoms with Gasteiger partial charge in [-0.2, -0.15) is 0 Å². The zero-order valence-corrected chi connectivity index (χ0v) is 21.8. The molecule has 3 aromatic carbocycles. The SMILES string of the molecule is Clc1ccc2c(c1)C(c1ccccc1Cl)=NCc1nnc(N3CC[NH+](CCOc4ccccc4)CC3)n1-2. The summed E-state index contributed by atoms with van der Waals surface area (Å²) in [7, 11) is 0. The summed E-state index contributed by atoms with van der Waals surface area (Å²) in [6.07, 6.45) is 0. The van der Waals surface area contributed by atoms with Crippen molar-refractivity contribution in [2.45, 2.75) is 6.54 Å². The summed E-state index contributed by atoms with van der Waals surface area (Å²) < 4.78 is 8.03. The maximum atomic E-state index is 6.57. The maximum Gasteiger partial charge on any atom is 0.232 e. The van der Waals surface area contributed by atoms with Gasteiger partial charge >= 0.3 is 0 Å². The summed E-state index contributed by atoms with van der Waals surface area (Å²) in [4.78, 5) is 8.76. The number of para-hydroxylation sites is 1. The molecule has 0 radical (unpaired) electrons. The molecule has 7 nitrogen and oxygen atoms in total. The number of ether oxygens (including phenoxy) is 1. The highest BCUT2D eigenvalue weighted by atomic mass is 35.5. The van der Waals surface area contributed by atoms with Crippen LogP contribution in [-0.2, 0) is 6.54 Å². The number of rotatable bonds is 6. The van der Waals surface area contributed by atoms with Crippen LogP contribution in [0.25, 0.3) is 5.69 Å². The van der Waals surface area contributed by atoms with Crippen LogP contribution in [0.1, 0.15) is 17.0 Å². The van der Waals surface area contributed by atoms with E-state index in [1.165, 1.54) is 4.90 Å². The molecule has 2 aliphatic heterocycles. The minimum atomic E-state index is 0.405. The van der Waals surface area contributed by atoms with Crippen LogP contribution >= 0.6 is 23.2 Å². The summed E-state index contributed by atoms with van der Waals surface area (Å²) >= 11 is 13.0. The third kappa shape index (κ3) is 4.94.